The van der Waals surface area contributed by atoms with Gasteiger partial charge in [-0.05, 0) is 55.5 Å². The van der Waals surface area contributed by atoms with E-state index in [0.717, 1.165) is 5.56 Å². The number of ether oxygens (including phenoxy) is 3. The largest absolute Gasteiger partial charge is 0.497 e. The standard InChI is InChI=1S/C26H24N4O6/c1-16(27-21-6-5-7-22(35-3)25(21)36-4)23-24(17-8-14-20(34-2)15-9-17)28-29(26(23)31)18-10-12-19(13-11-18)30(32)33/h5-15,28H,1-4H3. The highest BCUT2D eigenvalue weighted by Crippen LogP contribution is 2.37. The number of aromatic amines is 1. The van der Waals surface area contributed by atoms with Crippen molar-refractivity contribution in [2.75, 3.05) is 21.3 Å². The molecule has 0 saturated heterocycles. The molecule has 1 heterocycles. The molecule has 0 amide bonds. The molecule has 0 bridgehead atoms. The maximum absolute atomic E-state index is 13.7. The second-order valence-corrected chi connectivity index (χ2v) is 7.71. The molecule has 0 radical (unpaired) electrons. The van der Waals surface area contributed by atoms with Gasteiger partial charge in [0, 0.05) is 17.7 Å². The first-order valence-electron chi connectivity index (χ1n) is 10.9. The van der Waals surface area contributed by atoms with Gasteiger partial charge in [-0.15, -0.1) is 0 Å². The molecule has 0 unspecified atom stereocenters. The molecule has 3 aromatic carbocycles. The number of rotatable bonds is 8. The predicted octanol–water partition coefficient (Wildman–Crippen LogP) is 4.91. The summed E-state index contributed by atoms with van der Waals surface area (Å²) in [5, 5.41) is 14.2. The van der Waals surface area contributed by atoms with Gasteiger partial charge in [-0.3, -0.25) is 20.0 Å². The lowest BCUT2D eigenvalue weighted by Crippen LogP contribution is -2.19. The van der Waals surface area contributed by atoms with Crippen LogP contribution in [0.3, 0.4) is 0 Å². The number of aliphatic imine (C=N–C) groups is 1. The third-order valence-electron chi connectivity index (χ3n) is 5.62. The molecule has 0 aliphatic heterocycles. The molecule has 10 nitrogen and oxygen atoms in total. The van der Waals surface area contributed by atoms with E-state index in [1.54, 1.807) is 44.4 Å². The van der Waals surface area contributed by atoms with Gasteiger partial charge >= 0.3 is 0 Å². The maximum atomic E-state index is 13.7. The second-order valence-electron chi connectivity index (χ2n) is 7.71. The van der Waals surface area contributed by atoms with Crippen molar-refractivity contribution in [2.45, 2.75) is 6.92 Å². The van der Waals surface area contributed by atoms with Crippen LogP contribution in [-0.4, -0.2) is 41.7 Å². The zero-order valence-corrected chi connectivity index (χ0v) is 20.1. The Morgan fingerprint density at radius 1 is 0.944 bits per heavy atom. The lowest BCUT2D eigenvalue weighted by atomic mass is 10.0. The molecular formula is C26H24N4O6. The van der Waals surface area contributed by atoms with Crippen molar-refractivity contribution in [3.8, 4) is 34.2 Å². The molecule has 184 valence electrons. The Hall–Kier alpha value is -4.86. The summed E-state index contributed by atoms with van der Waals surface area (Å²) < 4.78 is 17.4. The summed E-state index contributed by atoms with van der Waals surface area (Å²) in [6.45, 7) is 1.73. The van der Waals surface area contributed by atoms with Crippen LogP contribution in [0, 0.1) is 10.1 Å². The topological polar surface area (TPSA) is 121 Å². The van der Waals surface area contributed by atoms with Gasteiger partial charge in [0.05, 0.1) is 48.9 Å². The average molecular weight is 489 g/mol. The van der Waals surface area contributed by atoms with Crippen LogP contribution in [0.2, 0.25) is 0 Å². The number of nitrogens with one attached hydrogen (secondary N) is 1. The number of benzene rings is 3. The summed E-state index contributed by atoms with van der Waals surface area (Å²) in [6, 6.07) is 18.2. The first-order valence-corrected chi connectivity index (χ1v) is 10.9. The minimum atomic E-state index is -0.492. The van der Waals surface area contributed by atoms with E-state index < -0.39 is 4.92 Å². The first kappa shape index (κ1) is 24.3. The van der Waals surface area contributed by atoms with Gasteiger partial charge in [0.1, 0.15) is 11.4 Å². The SMILES string of the molecule is COc1ccc(-c2[nH]n(-c3ccc([N+](=O)[O-])cc3)c(=O)c2C(C)=Nc2cccc(OC)c2OC)cc1. The zero-order valence-electron chi connectivity index (χ0n) is 20.1. The van der Waals surface area contributed by atoms with E-state index in [4.69, 9.17) is 19.2 Å². The highest BCUT2D eigenvalue weighted by molar-refractivity contribution is 6.05. The van der Waals surface area contributed by atoms with Crippen LogP contribution in [0.5, 0.6) is 17.2 Å². The molecule has 0 aliphatic carbocycles. The van der Waals surface area contributed by atoms with Crippen LogP contribution in [0.4, 0.5) is 11.4 Å². The van der Waals surface area contributed by atoms with E-state index >= 15 is 0 Å². The number of nitrogens with zero attached hydrogens (tertiary/aromatic N) is 3. The number of methoxy groups -OCH3 is 3. The molecule has 4 aromatic rings. The monoisotopic (exact) mass is 488 g/mol. The fourth-order valence-corrected chi connectivity index (χ4v) is 3.84. The van der Waals surface area contributed by atoms with Crippen LogP contribution >= 0.6 is 0 Å². The summed E-state index contributed by atoms with van der Waals surface area (Å²) in [6.07, 6.45) is 0. The van der Waals surface area contributed by atoms with Crippen molar-refractivity contribution in [1.82, 2.24) is 9.78 Å². The van der Waals surface area contributed by atoms with Gasteiger partial charge in [0.15, 0.2) is 11.5 Å². The number of aromatic nitrogens is 2. The molecule has 4 rings (SSSR count). The Morgan fingerprint density at radius 2 is 1.64 bits per heavy atom. The van der Waals surface area contributed by atoms with Gasteiger partial charge in [0.2, 0.25) is 0 Å². The number of hydrogen-bond donors (Lipinski definition) is 1. The second kappa shape index (κ2) is 10.2. The fourth-order valence-electron chi connectivity index (χ4n) is 3.84. The first-order chi connectivity index (χ1) is 17.4. The smallest absolute Gasteiger partial charge is 0.280 e. The third-order valence-corrected chi connectivity index (χ3v) is 5.62. The van der Waals surface area contributed by atoms with Gasteiger partial charge in [-0.2, -0.15) is 0 Å². The van der Waals surface area contributed by atoms with Gasteiger partial charge in [-0.25, -0.2) is 9.67 Å². The van der Waals surface area contributed by atoms with Crippen molar-refractivity contribution in [3.05, 3.63) is 92.8 Å². The van der Waals surface area contributed by atoms with E-state index in [9.17, 15) is 14.9 Å². The Balaban J connectivity index is 1.91. The van der Waals surface area contributed by atoms with E-state index in [2.05, 4.69) is 5.10 Å². The minimum absolute atomic E-state index is 0.0724. The molecule has 0 spiro atoms. The van der Waals surface area contributed by atoms with Crippen LogP contribution in [0.1, 0.15) is 12.5 Å². The highest BCUT2D eigenvalue weighted by Gasteiger charge is 2.21. The molecule has 0 aliphatic rings. The lowest BCUT2D eigenvalue weighted by Gasteiger charge is -2.10. The predicted molar refractivity (Wildman–Crippen MR) is 136 cm³/mol. The number of para-hydroxylation sites is 1. The van der Waals surface area contributed by atoms with Crippen molar-refractivity contribution in [3.63, 3.8) is 0 Å². The quantitative estimate of drug-likeness (QED) is 0.214. The van der Waals surface area contributed by atoms with Crippen LogP contribution < -0.4 is 19.8 Å². The zero-order chi connectivity index (χ0) is 25.8. The van der Waals surface area contributed by atoms with Crippen molar-refractivity contribution in [2.24, 2.45) is 4.99 Å². The third kappa shape index (κ3) is 4.56. The summed E-state index contributed by atoms with van der Waals surface area (Å²) in [7, 11) is 4.63. The molecule has 0 atom stereocenters. The van der Waals surface area contributed by atoms with Crippen molar-refractivity contribution >= 4 is 17.1 Å². The van der Waals surface area contributed by atoms with Gasteiger partial charge in [0.25, 0.3) is 11.2 Å². The Bertz CT molecular complexity index is 1480. The summed E-state index contributed by atoms with van der Waals surface area (Å²) in [4.78, 5) is 28.9. The summed E-state index contributed by atoms with van der Waals surface area (Å²) >= 11 is 0. The Morgan fingerprint density at radius 3 is 2.22 bits per heavy atom. The molecule has 1 aromatic heterocycles. The minimum Gasteiger partial charge on any atom is -0.497 e. The number of H-pyrrole nitrogens is 1. The maximum Gasteiger partial charge on any atom is 0.280 e. The lowest BCUT2D eigenvalue weighted by molar-refractivity contribution is -0.384. The number of nitro benzene ring substituents is 1. The van der Waals surface area contributed by atoms with Crippen LogP contribution in [0.25, 0.3) is 16.9 Å². The molecule has 10 heteroatoms. The number of non-ortho nitro benzene ring substituents is 1. The fraction of sp³-hybridized carbons (Fsp3) is 0.154. The van der Waals surface area contributed by atoms with Crippen LogP contribution in [-0.2, 0) is 0 Å². The number of hydrogen-bond acceptors (Lipinski definition) is 7. The average Bonchev–Trinajstić information content (AvgIpc) is 3.25. The molecule has 0 saturated carbocycles. The summed E-state index contributed by atoms with van der Waals surface area (Å²) in [5.41, 5.74) is 2.54. The summed E-state index contributed by atoms with van der Waals surface area (Å²) in [5.74, 6) is 1.62. The van der Waals surface area contributed by atoms with E-state index in [1.807, 2.05) is 12.1 Å². The Kier molecular flexibility index (Phi) is 6.86. The Labute approximate surface area is 206 Å². The molecule has 0 fully saturated rings. The van der Waals surface area contributed by atoms with Gasteiger partial charge < -0.3 is 14.2 Å². The highest BCUT2D eigenvalue weighted by atomic mass is 16.6. The van der Waals surface area contributed by atoms with Crippen molar-refractivity contribution in [1.29, 1.82) is 0 Å². The van der Waals surface area contributed by atoms with E-state index in [-0.39, 0.29) is 11.2 Å². The number of nitro groups is 1. The molecule has 1 N–H and O–H groups in total. The normalized spacial score (nSPS) is 11.3. The van der Waals surface area contributed by atoms with Gasteiger partial charge in [-0.1, -0.05) is 6.07 Å². The van der Waals surface area contributed by atoms with Crippen molar-refractivity contribution < 1.29 is 19.1 Å². The molecular weight excluding hydrogens is 464 g/mol. The van der Waals surface area contributed by atoms with E-state index in [0.29, 0.717) is 45.6 Å². The van der Waals surface area contributed by atoms with Crippen LogP contribution in [0.15, 0.2) is 76.5 Å². The molecule has 36 heavy (non-hydrogen) atoms. The van der Waals surface area contributed by atoms with E-state index in [1.165, 1.54) is 43.2 Å².